The summed E-state index contributed by atoms with van der Waals surface area (Å²) >= 11 is 12.0. The molecule has 1 aromatic heterocycles. The monoisotopic (exact) mass is 412 g/mol. The molecule has 0 aliphatic heterocycles. The molecule has 0 radical (unpaired) electrons. The number of hydrogen-bond acceptors (Lipinski definition) is 9. The minimum absolute atomic E-state index is 0.0190. The van der Waals surface area contributed by atoms with Gasteiger partial charge in [-0.15, -0.1) is 5.11 Å². The minimum Gasteiger partial charge on any atom is -0.396 e. The largest absolute Gasteiger partial charge is 0.396 e. The van der Waals surface area contributed by atoms with E-state index in [1.54, 1.807) is 24.3 Å². The summed E-state index contributed by atoms with van der Waals surface area (Å²) in [6.45, 7) is -0.244. The molecule has 4 atom stereocenters. The highest BCUT2D eigenvalue weighted by Gasteiger charge is 2.41. The van der Waals surface area contributed by atoms with Gasteiger partial charge in [-0.25, -0.2) is 0 Å². The van der Waals surface area contributed by atoms with Gasteiger partial charge in [0.25, 0.3) is 0 Å². The van der Waals surface area contributed by atoms with Gasteiger partial charge < -0.3 is 26.4 Å². The van der Waals surface area contributed by atoms with Gasteiger partial charge in [-0.1, -0.05) is 23.2 Å². The first-order valence-corrected chi connectivity index (χ1v) is 8.88. The fourth-order valence-electron chi connectivity index (χ4n) is 2.87. The molecule has 0 bridgehead atoms. The van der Waals surface area contributed by atoms with Gasteiger partial charge in [-0.05, 0) is 30.7 Å². The molecule has 9 nitrogen and oxygen atoms in total. The lowest BCUT2D eigenvalue weighted by Crippen LogP contribution is -2.35. The van der Waals surface area contributed by atoms with Crippen LogP contribution in [0.1, 0.15) is 6.42 Å². The Hall–Kier alpha value is -2.04. The minimum atomic E-state index is -1.10. The lowest BCUT2D eigenvalue weighted by atomic mass is 10.1. The van der Waals surface area contributed by atoms with Crippen LogP contribution in [0, 0.1) is 5.92 Å². The zero-order valence-electron chi connectivity index (χ0n) is 14.0. The van der Waals surface area contributed by atoms with E-state index in [0.29, 0.717) is 17.1 Å². The molecular formula is C16H18Cl2N6O3. The zero-order valence-corrected chi connectivity index (χ0v) is 15.5. The van der Waals surface area contributed by atoms with Gasteiger partial charge in [-0.3, -0.25) is 0 Å². The van der Waals surface area contributed by atoms with E-state index in [4.69, 9.17) is 28.9 Å². The molecule has 1 aliphatic carbocycles. The molecule has 2 aromatic rings. The summed E-state index contributed by atoms with van der Waals surface area (Å²) < 4.78 is 0. The molecule has 0 spiro atoms. The van der Waals surface area contributed by atoms with E-state index in [1.165, 1.54) is 0 Å². The topological polar surface area (TPSA) is 149 Å². The number of benzene rings is 1. The van der Waals surface area contributed by atoms with Crippen molar-refractivity contribution in [3.63, 3.8) is 0 Å². The average molecular weight is 413 g/mol. The van der Waals surface area contributed by atoms with Gasteiger partial charge in [0.15, 0.2) is 16.7 Å². The van der Waals surface area contributed by atoms with Crippen LogP contribution in [0.5, 0.6) is 0 Å². The second kappa shape index (κ2) is 8.32. The maximum Gasteiger partial charge on any atom is 0.223 e. The van der Waals surface area contributed by atoms with E-state index in [1.807, 2.05) is 0 Å². The number of anilines is 2. The lowest BCUT2D eigenvalue weighted by molar-refractivity contribution is 0.00446. The van der Waals surface area contributed by atoms with E-state index in [2.05, 4.69) is 25.5 Å². The summed E-state index contributed by atoms with van der Waals surface area (Å²) in [5.74, 6) is -0.369. The van der Waals surface area contributed by atoms with Gasteiger partial charge in [0.05, 0.1) is 17.8 Å². The van der Waals surface area contributed by atoms with Gasteiger partial charge >= 0.3 is 0 Å². The third-order valence-electron chi connectivity index (χ3n) is 4.31. The predicted octanol–water partition coefficient (Wildman–Crippen LogP) is 2.30. The molecule has 1 aliphatic rings. The Balaban J connectivity index is 1.88. The number of nitrogens with two attached hydrogens (primary N) is 1. The van der Waals surface area contributed by atoms with Crippen LogP contribution in [0.4, 0.5) is 23.1 Å². The quantitative estimate of drug-likeness (QED) is 0.373. The van der Waals surface area contributed by atoms with Crippen LogP contribution in [0.3, 0.4) is 0 Å². The first-order chi connectivity index (χ1) is 12.9. The zero-order chi connectivity index (χ0) is 19.6. The van der Waals surface area contributed by atoms with Crippen LogP contribution in [-0.2, 0) is 0 Å². The molecule has 144 valence electrons. The number of nitrogen functional groups attached to an aromatic ring is 1. The first-order valence-electron chi connectivity index (χ1n) is 8.13. The van der Waals surface area contributed by atoms with Crippen molar-refractivity contribution in [3.8, 4) is 0 Å². The molecule has 1 aromatic carbocycles. The van der Waals surface area contributed by atoms with Crippen molar-refractivity contribution in [2.45, 2.75) is 24.7 Å². The molecule has 6 N–H and O–H groups in total. The Morgan fingerprint density at radius 1 is 1.11 bits per heavy atom. The van der Waals surface area contributed by atoms with Crippen LogP contribution >= 0.6 is 23.2 Å². The van der Waals surface area contributed by atoms with Crippen molar-refractivity contribution in [2.24, 2.45) is 16.1 Å². The lowest BCUT2D eigenvalue weighted by Gasteiger charge is -2.19. The fourth-order valence-corrected chi connectivity index (χ4v) is 3.21. The van der Waals surface area contributed by atoms with Gasteiger partial charge in [0.1, 0.15) is 6.10 Å². The van der Waals surface area contributed by atoms with E-state index in [0.717, 1.165) is 0 Å². The van der Waals surface area contributed by atoms with Crippen LogP contribution in [0.25, 0.3) is 0 Å². The molecule has 27 heavy (non-hydrogen) atoms. The maximum absolute atomic E-state index is 10.2. The number of aliphatic hydroxyl groups excluding tert-OH is 3. The molecule has 0 unspecified atom stereocenters. The Morgan fingerprint density at radius 2 is 1.81 bits per heavy atom. The van der Waals surface area contributed by atoms with E-state index < -0.39 is 24.2 Å². The van der Waals surface area contributed by atoms with E-state index in [-0.39, 0.29) is 29.2 Å². The summed E-state index contributed by atoms with van der Waals surface area (Å²) in [5.41, 5.74) is 6.33. The second-order valence-corrected chi connectivity index (χ2v) is 6.95. The smallest absolute Gasteiger partial charge is 0.223 e. The van der Waals surface area contributed by atoms with Crippen molar-refractivity contribution in [1.29, 1.82) is 0 Å². The highest BCUT2D eigenvalue weighted by atomic mass is 35.5. The third-order valence-corrected chi connectivity index (χ3v) is 4.82. The molecule has 3 rings (SSSR count). The van der Waals surface area contributed by atoms with E-state index in [9.17, 15) is 15.3 Å². The molecule has 1 heterocycles. The number of nitrogens with zero attached hydrogens (tertiary/aromatic N) is 4. The van der Waals surface area contributed by atoms with Crippen LogP contribution in [0.15, 0.2) is 34.5 Å². The molecule has 0 saturated heterocycles. The van der Waals surface area contributed by atoms with Gasteiger partial charge in [0, 0.05) is 17.5 Å². The van der Waals surface area contributed by atoms with E-state index >= 15 is 0 Å². The summed E-state index contributed by atoms with van der Waals surface area (Å²) in [6.07, 6.45) is -1.83. The predicted molar refractivity (Wildman–Crippen MR) is 102 cm³/mol. The summed E-state index contributed by atoms with van der Waals surface area (Å²) in [6, 6.07) is 6.11. The number of aliphatic hydroxyl groups is 3. The van der Waals surface area contributed by atoms with Crippen molar-refractivity contribution >= 4 is 46.3 Å². The van der Waals surface area contributed by atoms with Gasteiger partial charge in [-0.2, -0.15) is 15.1 Å². The molecule has 11 heteroatoms. The van der Waals surface area contributed by atoms with Crippen molar-refractivity contribution in [3.05, 3.63) is 34.4 Å². The second-order valence-electron chi connectivity index (χ2n) is 6.16. The van der Waals surface area contributed by atoms with Crippen molar-refractivity contribution in [1.82, 2.24) is 9.97 Å². The third kappa shape index (κ3) is 4.45. The fraction of sp³-hybridized carbons (Fsp3) is 0.375. The number of rotatable bonds is 5. The highest BCUT2D eigenvalue weighted by Crippen LogP contribution is 2.36. The van der Waals surface area contributed by atoms with Crippen molar-refractivity contribution in [2.75, 3.05) is 17.7 Å². The summed E-state index contributed by atoms with van der Waals surface area (Å²) in [7, 11) is 0. The summed E-state index contributed by atoms with van der Waals surface area (Å²) in [4.78, 5) is 7.94. The number of azo groups is 1. The number of nitrogens with one attached hydrogen (secondary N) is 1. The van der Waals surface area contributed by atoms with Crippen LogP contribution < -0.4 is 11.1 Å². The van der Waals surface area contributed by atoms with Crippen LogP contribution in [-0.4, -0.2) is 50.1 Å². The van der Waals surface area contributed by atoms with Crippen LogP contribution in [0.2, 0.25) is 10.2 Å². The number of hydrogen-bond donors (Lipinski definition) is 5. The SMILES string of the molecule is Nc1nc(Cl)c(/N=N/c2ccc(Cl)cc2)c(N[C@H]2C[C@@H](CO)[C@H](O)[C@@H]2O)n1. The first kappa shape index (κ1) is 19.7. The maximum atomic E-state index is 10.2. The number of halogens is 2. The summed E-state index contributed by atoms with van der Waals surface area (Å²) in [5, 5.41) is 41.1. The Bertz CT molecular complexity index is 836. The molecule has 1 saturated carbocycles. The van der Waals surface area contributed by atoms with Gasteiger partial charge in [0.2, 0.25) is 5.95 Å². The standard InChI is InChI=1S/C16H18Cl2N6O3/c17-8-1-3-9(4-2-8)23-24-11-14(18)21-16(19)22-15(11)20-10-5-7(6-25)12(26)13(10)27/h1-4,7,10,12-13,25-27H,5-6H2,(H3,19,20,21,22)/b24-23+/t7-,10-,12-,13+/m0/s1. The number of aromatic nitrogens is 2. The molecular weight excluding hydrogens is 395 g/mol. The highest BCUT2D eigenvalue weighted by molar-refractivity contribution is 6.32. The Kier molecular flexibility index (Phi) is 6.08. The van der Waals surface area contributed by atoms with Crippen molar-refractivity contribution < 1.29 is 15.3 Å². The normalized spacial score (nSPS) is 25.2. The Morgan fingerprint density at radius 3 is 2.44 bits per heavy atom. The average Bonchev–Trinajstić information content (AvgIpc) is 2.90. The molecule has 0 amide bonds. The Labute approximate surface area is 164 Å². The molecule has 1 fully saturated rings.